The van der Waals surface area contributed by atoms with Crippen LogP contribution in [0.15, 0.2) is 158 Å². The third kappa shape index (κ3) is 16.6. The summed E-state index contributed by atoms with van der Waals surface area (Å²) in [5.41, 5.74) is 8.02. The maximum absolute atomic E-state index is 14.3. The van der Waals surface area contributed by atoms with Crippen molar-refractivity contribution in [3.8, 4) is 69.0 Å². The molecule has 0 bridgehead atoms. The van der Waals surface area contributed by atoms with Gasteiger partial charge in [-0.25, -0.2) is 13.2 Å². The molecule has 0 radical (unpaired) electrons. The Morgan fingerprint density at radius 3 is 1.34 bits per heavy atom. The van der Waals surface area contributed by atoms with Gasteiger partial charge in [-0.15, -0.1) is 11.6 Å². The predicted octanol–water partition coefficient (Wildman–Crippen LogP) is 14.6. The molecule has 0 atom stereocenters. The van der Waals surface area contributed by atoms with Gasteiger partial charge in [-0.05, 0) is 79.1 Å². The van der Waals surface area contributed by atoms with E-state index in [-0.39, 0.29) is 28.6 Å². The molecule has 0 amide bonds. The van der Waals surface area contributed by atoms with Crippen LogP contribution in [0.1, 0.15) is 18.4 Å². The second-order valence-corrected chi connectivity index (χ2v) is 19.9. The number of morpholine rings is 1. The van der Waals surface area contributed by atoms with Gasteiger partial charge in [0, 0.05) is 102 Å². The average molecular weight is 1250 g/mol. The van der Waals surface area contributed by atoms with E-state index >= 15 is 0 Å². The third-order valence-corrected chi connectivity index (χ3v) is 13.8. The third-order valence-electron chi connectivity index (χ3n) is 13.6. The zero-order valence-corrected chi connectivity index (χ0v) is 49.5. The number of aromatic nitrogens is 3. The van der Waals surface area contributed by atoms with Crippen LogP contribution in [0.25, 0.3) is 32.7 Å². The summed E-state index contributed by atoms with van der Waals surface area (Å²) >= 11 is 5.67. The lowest BCUT2D eigenvalue weighted by molar-refractivity contribution is -0.385. The van der Waals surface area contributed by atoms with Gasteiger partial charge in [0.25, 0.3) is 11.4 Å². The molecule has 11 rings (SSSR count). The van der Waals surface area contributed by atoms with E-state index in [0.717, 1.165) is 57.0 Å². The highest BCUT2D eigenvalue weighted by Gasteiger charge is 2.20. The number of nitrogens with zero attached hydrogens (tertiary/aromatic N) is 6. The Bertz CT molecular complexity index is 4140. The number of halogens is 4. The molecule has 0 saturated carbocycles. The molecule has 1 fully saturated rings. The first-order valence-corrected chi connectivity index (χ1v) is 28.4. The van der Waals surface area contributed by atoms with Crippen LogP contribution in [-0.2, 0) is 11.3 Å². The number of hydrogen-bond donors (Lipinski definition) is 1. The van der Waals surface area contributed by atoms with E-state index in [0.29, 0.717) is 122 Å². The second kappa shape index (κ2) is 31.0. The smallest absolute Gasteiger partial charge is 0.272 e. The number of hydrogen-bond acceptors (Lipinski definition) is 19. The number of ether oxygens (including phenoxy) is 10. The predicted molar refractivity (Wildman–Crippen MR) is 331 cm³/mol. The van der Waals surface area contributed by atoms with Crippen molar-refractivity contribution in [2.45, 2.75) is 19.4 Å². The van der Waals surface area contributed by atoms with Crippen molar-refractivity contribution in [1.82, 2.24) is 19.9 Å². The van der Waals surface area contributed by atoms with Crippen LogP contribution in [0, 0.1) is 37.7 Å². The van der Waals surface area contributed by atoms with Crippen molar-refractivity contribution in [2.75, 3.05) is 79.0 Å². The number of anilines is 1. The van der Waals surface area contributed by atoms with Crippen LogP contribution in [0.3, 0.4) is 0 Å². The van der Waals surface area contributed by atoms with Gasteiger partial charge < -0.3 is 53.1 Å². The molecule has 25 heteroatoms. The zero-order chi connectivity index (χ0) is 63.5. The number of pyridine rings is 3. The molecule has 1 saturated heterocycles. The van der Waals surface area contributed by atoms with Gasteiger partial charge in [0.2, 0.25) is 0 Å². The number of nitro groups is 2. The summed E-state index contributed by atoms with van der Waals surface area (Å²) in [5.74, 6) is 2.30. The number of nitrogens with two attached hydrogens (primary N) is 1. The van der Waals surface area contributed by atoms with Crippen LogP contribution in [0.4, 0.5) is 30.2 Å². The van der Waals surface area contributed by atoms with Crippen molar-refractivity contribution >= 4 is 61.4 Å². The lowest BCUT2D eigenvalue weighted by Crippen LogP contribution is -2.37. The van der Waals surface area contributed by atoms with Gasteiger partial charge >= 0.3 is 0 Å². The Hall–Kier alpha value is -10.4. The van der Waals surface area contributed by atoms with E-state index in [1.54, 1.807) is 67.9 Å². The van der Waals surface area contributed by atoms with E-state index in [2.05, 4.69) is 19.9 Å². The molecule has 90 heavy (non-hydrogen) atoms. The van der Waals surface area contributed by atoms with E-state index in [1.165, 1.54) is 63.0 Å². The van der Waals surface area contributed by atoms with Crippen molar-refractivity contribution in [3.63, 3.8) is 0 Å². The zero-order valence-electron chi connectivity index (χ0n) is 48.8. The van der Waals surface area contributed by atoms with Gasteiger partial charge in [0.1, 0.15) is 23.9 Å². The number of nitrogen functional groups attached to an aromatic ring is 1. The maximum atomic E-state index is 14.3. The minimum Gasteiger partial charge on any atom is -0.493 e. The van der Waals surface area contributed by atoms with Crippen molar-refractivity contribution in [3.05, 3.63) is 201 Å². The Balaban J connectivity index is 0.000000160. The SMILES string of the molecule is COc1cc2c(Oc3ccc(N)cc3F)ccnc2cc1OCCCN1CCOCC1.COc1cc2c(Oc3ccc([N+](=O)[O-])cc3F)ccnc2cc1OCCCCl.COc1cc2c(Oc3ccc([N+](=O)[O-])cc3F)ccnc2cc1OCc1ccccc1. The summed E-state index contributed by atoms with van der Waals surface area (Å²) in [6.07, 6.45) is 6.22. The fourth-order valence-electron chi connectivity index (χ4n) is 9.06. The maximum Gasteiger partial charge on any atom is 0.272 e. The highest BCUT2D eigenvalue weighted by atomic mass is 35.5. The second-order valence-electron chi connectivity index (χ2n) is 19.5. The molecule has 4 heterocycles. The Kier molecular flexibility index (Phi) is 22.0. The number of benzene rings is 7. The van der Waals surface area contributed by atoms with E-state index in [1.807, 2.05) is 36.4 Å². The highest BCUT2D eigenvalue weighted by Crippen LogP contribution is 2.42. The van der Waals surface area contributed by atoms with E-state index in [4.69, 9.17) is 64.7 Å². The summed E-state index contributed by atoms with van der Waals surface area (Å²) in [4.78, 5) is 35.6. The van der Waals surface area contributed by atoms with Crippen molar-refractivity contribution in [2.24, 2.45) is 0 Å². The first-order valence-electron chi connectivity index (χ1n) is 27.9. The van der Waals surface area contributed by atoms with Crippen molar-refractivity contribution in [1.29, 1.82) is 0 Å². The topological polar surface area (TPSA) is 247 Å². The lowest BCUT2D eigenvalue weighted by Gasteiger charge is -2.26. The van der Waals surface area contributed by atoms with Crippen LogP contribution < -0.4 is 48.4 Å². The molecular formula is C65H59ClF3N7O14. The van der Waals surface area contributed by atoms with Crippen LogP contribution >= 0.6 is 11.6 Å². The van der Waals surface area contributed by atoms with Gasteiger partial charge in [0.05, 0.1) is 86.3 Å². The van der Waals surface area contributed by atoms with E-state index < -0.39 is 27.3 Å². The molecule has 0 unspecified atom stereocenters. The van der Waals surface area contributed by atoms with Crippen LogP contribution in [-0.4, -0.2) is 103 Å². The molecule has 3 aromatic heterocycles. The molecule has 10 aromatic rings. The van der Waals surface area contributed by atoms with Gasteiger partial charge in [-0.1, -0.05) is 30.3 Å². The van der Waals surface area contributed by atoms with Gasteiger partial charge in [0.15, 0.2) is 69.2 Å². The molecule has 7 aromatic carbocycles. The largest absolute Gasteiger partial charge is 0.493 e. The van der Waals surface area contributed by atoms with Crippen LogP contribution in [0.5, 0.6) is 69.0 Å². The fourth-order valence-corrected chi connectivity index (χ4v) is 9.17. The number of nitro benzene ring substituents is 2. The number of rotatable bonds is 23. The normalized spacial score (nSPS) is 12.0. The summed E-state index contributed by atoms with van der Waals surface area (Å²) in [6.45, 7) is 5.80. The Morgan fingerprint density at radius 2 is 0.933 bits per heavy atom. The summed E-state index contributed by atoms with van der Waals surface area (Å²) < 4.78 is 99.0. The number of alkyl halides is 1. The molecule has 1 aliphatic heterocycles. The fraction of sp³-hybridized carbons (Fsp3) is 0.215. The lowest BCUT2D eigenvalue weighted by atomic mass is 10.1. The molecule has 466 valence electrons. The molecule has 21 nitrogen and oxygen atoms in total. The molecular weight excluding hydrogens is 1200 g/mol. The molecule has 2 N–H and O–H groups in total. The molecule has 1 aliphatic rings. The molecule has 0 spiro atoms. The summed E-state index contributed by atoms with van der Waals surface area (Å²) in [5, 5.41) is 23.4. The molecule has 0 aliphatic carbocycles. The Labute approximate surface area is 518 Å². The van der Waals surface area contributed by atoms with Gasteiger partial charge in [-0.2, -0.15) is 0 Å². The Morgan fingerprint density at radius 1 is 0.511 bits per heavy atom. The minimum atomic E-state index is -0.841. The average Bonchev–Trinajstić information content (AvgIpc) is 0.867. The standard InChI is InChI=1S/C23H26FN3O4.C23H17FN2O5.C19H16ClFN2O5/c1-28-22-14-17-19(15-23(22)30-10-2-7-27-8-11-29-12-9-27)26-6-5-20(17)31-21-4-3-16(25)13-18(21)24;1-29-22-12-17-19(13-23(22)30-14-15-5-3-2-4-6-15)25-10-9-20(17)31-21-8-7-16(26(27)28)11-18(21)24;1-26-18-10-13-15(11-19(18)27-8-2-6-20)22-7-5-16(13)28-17-4-3-12(23(24)25)9-14(17)21/h3-6,13-15H,2,7-12,25H2,1H3;2-13H,14H2,1H3;3-5,7,9-11H,2,6,8H2,1H3. The van der Waals surface area contributed by atoms with Crippen LogP contribution in [0.2, 0.25) is 0 Å². The number of methoxy groups -OCH3 is 3. The highest BCUT2D eigenvalue weighted by molar-refractivity contribution is 6.17. The first kappa shape index (κ1) is 64.1. The van der Waals surface area contributed by atoms with Gasteiger partial charge in [-0.3, -0.25) is 40.1 Å². The minimum absolute atomic E-state index is 0.0871. The summed E-state index contributed by atoms with van der Waals surface area (Å²) in [6, 6.07) is 35.6. The summed E-state index contributed by atoms with van der Waals surface area (Å²) in [7, 11) is 4.60. The number of non-ortho nitro benzene ring substituents is 2. The monoisotopic (exact) mass is 1250 g/mol. The quantitative estimate of drug-likeness (QED) is 0.0205. The van der Waals surface area contributed by atoms with E-state index in [9.17, 15) is 33.4 Å². The first-order chi connectivity index (χ1) is 43.7. The van der Waals surface area contributed by atoms with Crippen molar-refractivity contribution < 1.29 is 70.4 Å². The number of fused-ring (bicyclic) bond motifs is 3.